The van der Waals surface area contributed by atoms with Crippen LogP contribution in [0.2, 0.25) is 0 Å². The summed E-state index contributed by atoms with van der Waals surface area (Å²) in [6, 6.07) is 7.40. The minimum Gasteiger partial charge on any atom is -0.326 e. The minimum atomic E-state index is 0.0571. The summed E-state index contributed by atoms with van der Waals surface area (Å²) >= 11 is 0. The summed E-state index contributed by atoms with van der Waals surface area (Å²) in [7, 11) is 0. The molecule has 0 aliphatic carbocycles. The predicted octanol–water partition coefficient (Wildman–Crippen LogP) is 2.85. The van der Waals surface area contributed by atoms with Crippen LogP contribution in [0.1, 0.15) is 29.8 Å². The molecule has 0 unspecified atom stereocenters. The van der Waals surface area contributed by atoms with Crippen molar-refractivity contribution in [3.05, 3.63) is 59.2 Å². The first kappa shape index (κ1) is 12.4. The van der Waals surface area contributed by atoms with E-state index < -0.39 is 0 Å². The highest BCUT2D eigenvalue weighted by Crippen LogP contribution is 2.09. The van der Waals surface area contributed by atoms with E-state index in [2.05, 4.69) is 0 Å². The van der Waals surface area contributed by atoms with E-state index in [1.165, 1.54) is 0 Å². The zero-order chi connectivity index (χ0) is 12.0. The van der Waals surface area contributed by atoms with Crippen LogP contribution in [0.3, 0.4) is 0 Å². The van der Waals surface area contributed by atoms with Crippen molar-refractivity contribution in [2.75, 3.05) is 0 Å². The van der Waals surface area contributed by atoms with E-state index in [0.717, 1.165) is 11.1 Å². The number of Topliss-reactive ketones (excluding diaryl/α,β-unsaturated/α-hetero) is 1. The standard InChI is InChI=1S/C14H17NO/c1-3-4-5-11(2)14(16)13-8-6-12(10-15)7-9-13/h3-9H,10,15H2,1-2H3/b4-3-,11-5+. The summed E-state index contributed by atoms with van der Waals surface area (Å²) in [6.07, 6.45) is 5.58. The molecule has 0 aromatic heterocycles. The number of ketones is 1. The van der Waals surface area contributed by atoms with Crippen LogP contribution in [-0.2, 0) is 6.54 Å². The zero-order valence-electron chi connectivity index (χ0n) is 9.73. The summed E-state index contributed by atoms with van der Waals surface area (Å²) < 4.78 is 0. The molecule has 0 aliphatic rings. The first-order valence-corrected chi connectivity index (χ1v) is 5.32. The molecule has 0 saturated heterocycles. The summed E-state index contributed by atoms with van der Waals surface area (Å²) in [6.45, 7) is 4.24. The molecular formula is C14H17NO. The van der Waals surface area contributed by atoms with Gasteiger partial charge in [0.15, 0.2) is 5.78 Å². The monoisotopic (exact) mass is 215 g/mol. The van der Waals surface area contributed by atoms with Crippen molar-refractivity contribution in [2.45, 2.75) is 20.4 Å². The highest BCUT2D eigenvalue weighted by Gasteiger charge is 2.06. The fourth-order valence-corrected chi connectivity index (χ4v) is 1.34. The third kappa shape index (κ3) is 3.17. The van der Waals surface area contributed by atoms with Gasteiger partial charge in [-0.25, -0.2) is 0 Å². The molecule has 0 fully saturated rings. The molecule has 0 atom stereocenters. The molecule has 0 amide bonds. The minimum absolute atomic E-state index is 0.0571. The Bertz CT molecular complexity index is 413. The number of carbonyl (C=O) groups excluding carboxylic acids is 1. The number of benzene rings is 1. The molecule has 1 aromatic carbocycles. The van der Waals surface area contributed by atoms with Gasteiger partial charge >= 0.3 is 0 Å². The van der Waals surface area contributed by atoms with E-state index in [1.807, 2.05) is 56.3 Å². The maximum absolute atomic E-state index is 11.9. The fourth-order valence-electron chi connectivity index (χ4n) is 1.34. The molecule has 1 rings (SSSR count). The third-order valence-corrected chi connectivity index (χ3v) is 2.35. The van der Waals surface area contributed by atoms with Crippen molar-refractivity contribution in [2.24, 2.45) is 5.73 Å². The molecule has 1 aromatic rings. The molecule has 0 heterocycles. The Morgan fingerprint density at radius 1 is 1.31 bits per heavy atom. The van der Waals surface area contributed by atoms with Gasteiger partial charge in [-0.3, -0.25) is 4.79 Å². The van der Waals surface area contributed by atoms with E-state index in [9.17, 15) is 4.79 Å². The number of hydrogen-bond donors (Lipinski definition) is 1. The molecule has 0 saturated carbocycles. The zero-order valence-corrected chi connectivity index (χ0v) is 9.73. The number of carbonyl (C=O) groups is 1. The summed E-state index contributed by atoms with van der Waals surface area (Å²) in [5.41, 5.74) is 7.97. The van der Waals surface area contributed by atoms with Crippen molar-refractivity contribution in [3.8, 4) is 0 Å². The van der Waals surface area contributed by atoms with Gasteiger partial charge in [-0.05, 0) is 25.0 Å². The topological polar surface area (TPSA) is 43.1 Å². The lowest BCUT2D eigenvalue weighted by molar-refractivity contribution is 0.103. The predicted molar refractivity (Wildman–Crippen MR) is 67.2 cm³/mol. The Labute approximate surface area is 96.5 Å². The highest BCUT2D eigenvalue weighted by molar-refractivity contribution is 6.08. The van der Waals surface area contributed by atoms with E-state index in [0.29, 0.717) is 12.1 Å². The van der Waals surface area contributed by atoms with Crippen LogP contribution in [0.25, 0.3) is 0 Å². The highest BCUT2D eigenvalue weighted by atomic mass is 16.1. The lowest BCUT2D eigenvalue weighted by Crippen LogP contribution is -2.02. The van der Waals surface area contributed by atoms with Gasteiger partial charge in [-0.1, -0.05) is 42.5 Å². The van der Waals surface area contributed by atoms with Gasteiger partial charge in [0, 0.05) is 12.1 Å². The molecule has 2 N–H and O–H groups in total. The van der Waals surface area contributed by atoms with E-state index in [4.69, 9.17) is 5.73 Å². The first-order chi connectivity index (χ1) is 7.69. The van der Waals surface area contributed by atoms with Gasteiger partial charge in [0.2, 0.25) is 0 Å². The molecular weight excluding hydrogens is 198 g/mol. The molecule has 16 heavy (non-hydrogen) atoms. The lowest BCUT2D eigenvalue weighted by Gasteiger charge is -2.02. The summed E-state index contributed by atoms with van der Waals surface area (Å²) in [5, 5.41) is 0. The average Bonchev–Trinajstić information content (AvgIpc) is 2.35. The van der Waals surface area contributed by atoms with Gasteiger partial charge < -0.3 is 5.73 Å². The van der Waals surface area contributed by atoms with Crippen molar-refractivity contribution >= 4 is 5.78 Å². The van der Waals surface area contributed by atoms with Crippen LogP contribution in [-0.4, -0.2) is 5.78 Å². The molecule has 0 spiro atoms. The Kier molecular flexibility index (Phi) is 4.67. The van der Waals surface area contributed by atoms with Gasteiger partial charge in [0.05, 0.1) is 0 Å². The number of nitrogens with two attached hydrogens (primary N) is 1. The number of allylic oxidation sites excluding steroid dienone is 4. The quantitative estimate of drug-likeness (QED) is 0.477. The SMILES string of the molecule is C/C=C\C=C(/C)C(=O)c1ccc(CN)cc1. The van der Waals surface area contributed by atoms with E-state index in [1.54, 1.807) is 0 Å². The van der Waals surface area contributed by atoms with Crippen LogP contribution < -0.4 is 5.73 Å². The first-order valence-electron chi connectivity index (χ1n) is 5.32. The van der Waals surface area contributed by atoms with Crippen molar-refractivity contribution in [1.29, 1.82) is 0 Å². The van der Waals surface area contributed by atoms with Crippen molar-refractivity contribution in [1.82, 2.24) is 0 Å². The second-order valence-electron chi connectivity index (χ2n) is 3.61. The Hall–Kier alpha value is -1.67. The van der Waals surface area contributed by atoms with Crippen LogP contribution in [0.5, 0.6) is 0 Å². The summed E-state index contributed by atoms with van der Waals surface area (Å²) in [4.78, 5) is 11.9. The van der Waals surface area contributed by atoms with E-state index >= 15 is 0 Å². The number of rotatable bonds is 4. The molecule has 0 aliphatic heterocycles. The maximum atomic E-state index is 11.9. The van der Waals surface area contributed by atoms with Crippen molar-refractivity contribution < 1.29 is 4.79 Å². The van der Waals surface area contributed by atoms with Crippen LogP contribution in [0, 0.1) is 0 Å². The Balaban J connectivity index is 2.88. The fraction of sp³-hybridized carbons (Fsp3) is 0.214. The van der Waals surface area contributed by atoms with Crippen molar-refractivity contribution in [3.63, 3.8) is 0 Å². The molecule has 0 bridgehead atoms. The lowest BCUT2D eigenvalue weighted by atomic mass is 10.0. The maximum Gasteiger partial charge on any atom is 0.188 e. The normalized spacial score (nSPS) is 12.1. The average molecular weight is 215 g/mol. The second-order valence-corrected chi connectivity index (χ2v) is 3.61. The Morgan fingerprint density at radius 2 is 1.94 bits per heavy atom. The molecule has 2 nitrogen and oxygen atoms in total. The second kappa shape index (κ2) is 6.03. The van der Waals surface area contributed by atoms with Crippen LogP contribution in [0.4, 0.5) is 0 Å². The van der Waals surface area contributed by atoms with Crippen LogP contribution >= 0.6 is 0 Å². The van der Waals surface area contributed by atoms with Gasteiger partial charge in [0.1, 0.15) is 0 Å². The van der Waals surface area contributed by atoms with E-state index in [-0.39, 0.29) is 5.78 Å². The molecule has 84 valence electrons. The summed E-state index contributed by atoms with van der Waals surface area (Å²) in [5.74, 6) is 0.0571. The Morgan fingerprint density at radius 3 is 2.44 bits per heavy atom. The third-order valence-electron chi connectivity index (χ3n) is 2.35. The van der Waals surface area contributed by atoms with Gasteiger partial charge in [-0.2, -0.15) is 0 Å². The van der Waals surface area contributed by atoms with Crippen LogP contribution in [0.15, 0.2) is 48.1 Å². The molecule has 0 radical (unpaired) electrons. The smallest absolute Gasteiger partial charge is 0.188 e. The van der Waals surface area contributed by atoms with Gasteiger partial charge in [0.25, 0.3) is 0 Å². The van der Waals surface area contributed by atoms with Gasteiger partial charge in [-0.15, -0.1) is 0 Å². The largest absolute Gasteiger partial charge is 0.326 e. The molecule has 2 heteroatoms. The number of hydrogen-bond acceptors (Lipinski definition) is 2.